The second-order valence-corrected chi connectivity index (χ2v) is 9.64. The summed E-state index contributed by atoms with van der Waals surface area (Å²) >= 11 is 0. The Balaban J connectivity index is 1.48. The Morgan fingerprint density at radius 3 is 2.39 bits per heavy atom. The van der Waals surface area contributed by atoms with Crippen LogP contribution in [0.3, 0.4) is 0 Å². The molecule has 0 saturated carbocycles. The van der Waals surface area contributed by atoms with Gasteiger partial charge in [-0.15, -0.1) is 0 Å². The maximum absolute atomic E-state index is 13.1. The fraction of sp³-hybridized carbons (Fsp3) is 0.154. The first kappa shape index (κ1) is 19.9. The van der Waals surface area contributed by atoms with E-state index in [0.717, 1.165) is 16.7 Å². The van der Waals surface area contributed by atoms with Gasteiger partial charge in [-0.2, -0.15) is 0 Å². The van der Waals surface area contributed by atoms with Gasteiger partial charge in [0.25, 0.3) is 0 Å². The average molecular weight is 429 g/mol. The van der Waals surface area contributed by atoms with Crippen molar-refractivity contribution in [2.75, 3.05) is 6.54 Å². The Kier molecular flexibility index (Phi) is 5.10. The molecule has 0 radical (unpaired) electrons. The molecule has 1 heterocycles. The van der Waals surface area contributed by atoms with Crippen LogP contribution in [0.5, 0.6) is 0 Å². The van der Waals surface area contributed by atoms with Crippen molar-refractivity contribution in [1.29, 1.82) is 0 Å². The van der Waals surface area contributed by atoms with E-state index in [-0.39, 0.29) is 12.1 Å². The fourth-order valence-corrected chi connectivity index (χ4v) is 5.91. The molecule has 0 aliphatic carbocycles. The molecule has 4 nitrogen and oxygen atoms in total. The molecule has 0 unspecified atom stereocenters. The van der Waals surface area contributed by atoms with Crippen LogP contribution in [0, 0.1) is 0 Å². The predicted octanol–water partition coefficient (Wildman–Crippen LogP) is 5.19. The summed E-state index contributed by atoms with van der Waals surface area (Å²) < 4.78 is 29.2. The largest absolute Gasteiger partial charge is 0.308 e. The normalized spacial score (nSPS) is 18.0. The lowest BCUT2D eigenvalue weighted by Gasteiger charge is -2.23. The van der Waals surface area contributed by atoms with E-state index in [2.05, 4.69) is 47.3 Å². The molecule has 1 aliphatic heterocycles. The summed E-state index contributed by atoms with van der Waals surface area (Å²) in [6.07, 6.45) is 0. The molecule has 0 amide bonds. The van der Waals surface area contributed by atoms with Gasteiger partial charge in [0, 0.05) is 18.2 Å². The Morgan fingerprint density at radius 2 is 1.52 bits per heavy atom. The van der Waals surface area contributed by atoms with Gasteiger partial charge in [0.1, 0.15) is 0 Å². The van der Waals surface area contributed by atoms with Crippen molar-refractivity contribution in [3.63, 3.8) is 0 Å². The molecule has 31 heavy (non-hydrogen) atoms. The van der Waals surface area contributed by atoms with Gasteiger partial charge in [-0.25, -0.2) is 13.1 Å². The molecule has 0 fully saturated rings. The van der Waals surface area contributed by atoms with Crippen LogP contribution < -0.4 is 10.0 Å². The number of nitrogens with one attached hydrogen (secondary N) is 2. The molecule has 0 bridgehead atoms. The first-order valence-corrected chi connectivity index (χ1v) is 11.9. The molecule has 2 atom stereocenters. The molecule has 0 aromatic heterocycles. The molecule has 4 aromatic carbocycles. The van der Waals surface area contributed by atoms with Crippen LogP contribution in [0.15, 0.2) is 95.9 Å². The van der Waals surface area contributed by atoms with Gasteiger partial charge in [0.15, 0.2) is 0 Å². The van der Waals surface area contributed by atoms with Gasteiger partial charge in [0.05, 0.1) is 10.9 Å². The van der Waals surface area contributed by atoms with Crippen LogP contribution >= 0.6 is 0 Å². The van der Waals surface area contributed by atoms with Gasteiger partial charge in [-0.1, -0.05) is 84.9 Å². The number of hydrogen-bond acceptors (Lipinski definition) is 3. The quantitative estimate of drug-likeness (QED) is 0.470. The predicted molar refractivity (Wildman–Crippen MR) is 125 cm³/mol. The summed E-state index contributed by atoms with van der Waals surface area (Å²) in [5.41, 5.74) is 3.88. The van der Waals surface area contributed by atoms with E-state index in [0.29, 0.717) is 11.4 Å². The maximum Gasteiger partial charge on any atom is 0.241 e. The molecule has 2 N–H and O–H groups in total. The number of hydrogen-bond donors (Lipinski definition) is 2. The summed E-state index contributed by atoms with van der Waals surface area (Å²) in [6, 6.07) is 29.4. The summed E-state index contributed by atoms with van der Waals surface area (Å²) in [7, 11) is -3.63. The zero-order valence-electron chi connectivity index (χ0n) is 17.2. The summed E-state index contributed by atoms with van der Waals surface area (Å²) in [5.74, 6) is 0. The summed E-state index contributed by atoms with van der Waals surface area (Å²) in [6.45, 7) is 2.60. The molecule has 5 heteroatoms. The summed E-state index contributed by atoms with van der Waals surface area (Å²) in [5, 5.41) is 5.97. The van der Waals surface area contributed by atoms with E-state index < -0.39 is 10.0 Å². The number of benzene rings is 4. The van der Waals surface area contributed by atoms with Crippen LogP contribution in [0.1, 0.15) is 30.1 Å². The highest BCUT2D eigenvalue weighted by atomic mass is 32.2. The zero-order chi connectivity index (χ0) is 21.4. The second-order valence-electron chi connectivity index (χ2n) is 7.96. The second kappa shape index (κ2) is 7.93. The van der Waals surface area contributed by atoms with Crippen molar-refractivity contribution >= 4 is 20.8 Å². The van der Waals surface area contributed by atoms with Crippen LogP contribution in [0.2, 0.25) is 0 Å². The third-order valence-electron chi connectivity index (χ3n) is 6.02. The van der Waals surface area contributed by atoms with E-state index >= 15 is 0 Å². The molecule has 4 aromatic rings. The molecule has 5 rings (SSSR count). The number of fused-ring (bicyclic) bond motifs is 4. The van der Waals surface area contributed by atoms with Gasteiger partial charge in [-0.3, -0.25) is 0 Å². The van der Waals surface area contributed by atoms with Crippen LogP contribution in [-0.4, -0.2) is 15.0 Å². The first-order chi connectivity index (χ1) is 15.0. The van der Waals surface area contributed by atoms with Gasteiger partial charge in [0.2, 0.25) is 10.0 Å². The lowest BCUT2D eigenvalue weighted by Crippen LogP contribution is -2.35. The topological polar surface area (TPSA) is 58.2 Å². The van der Waals surface area contributed by atoms with E-state index in [1.54, 1.807) is 12.1 Å². The van der Waals surface area contributed by atoms with Crippen molar-refractivity contribution in [2.45, 2.75) is 23.9 Å². The highest BCUT2D eigenvalue weighted by Crippen LogP contribution is 2.37. The van der Waals surface area contributed by atoms with E-state index in [1.165, 1.54) is 16.3 Å². The van der Waals surface area contributed by atoms with Crippen molar-refractivity contribution in [1.82, 2.24) is 10.0 Å². The Labute approximate surface area is 183 Å². The minimum atomic E-state index is -3.63. The molecule has 1 aliphatic rings. The third kappa shape index (κ3) is 3.65. The minimum absolute atomic E-state index is 0.0633. The first-order valence-electron chi connectivity index (χ1n) is 10.5. The number of rotatable bonds is 4. The van der Waals surface area contributed by atoms with Crippen LogP contribution in [-0.2, 0) is 10.0 Å². The highest BCUT2D eigenvalue weighted by molar-refractivity contribution is 7.89. The zero-order valence-corrected chi connectivity index (χ0v) is 18.1. The Morgan fingerprint density at radius 1 is 0.839 bits per heavy atom. The van der Waals surface area contributed by atoms with Crippen molar-refractivity contribution in [3.8, 4) is 11.1 Å². The van der Waals surface area contributed by atoms with Crippen LogP contribution in [0.4, 0.5) is 0 Å². The number of sulfonamides is 1. The van der Waals surface area contributed by atoms with E-state index in [1.807, 2.05) is 48.5 Å². The lowest BCUT2D eigenvalue weighted by molar-refractivity contribution is 0.497. The van der Waals surface area contributed by atoms with Crippen molar-refractivity contribution in [3.05, 3.63) is 102 Å². The molecule has 0 spiro atoms. The van der Waals surface area contributed by atoms with E-state index in [9.17, 15) is 8.42 Å². The third-order valence-corrected chi connectivity index (χ3v) is 7.55. The Hall–Kier alpha value is -2.99. The summed E-state index contributed by atoms with van der Waals surface area (Å²) in [4.78, 5) is 0.326. The lowest BCUT2D eigenvalue weighted by atomic mass is 9.94. The van der Waals surface area contributed by atoms with Crippen LogP contribution in [0.25, 0.3) is 21.9 Å². The van der Waals surface area contributed by atoms with Crippen molar-refractivity contribution in [2.24, 2.45) is 0 Å². The standard InChI is InChI=1S/C26H24N2O2S/c1-18(20-15-8-10-19-9-2-3-11-21(19)20)27-17-25-23-13-5-4-12-22(23)24-14-6-7-16-26(24)31(29,30)28-25/h2-16,18,25,27-28H,17H2,1H3/t18-,25+/m1/s1. The molecular weight excluding hydrogens is 404 g/mol. The molecule has 0 saturated heterocycles. The average Bonchev–Trinajstić information content (AvgIpc) is 2.90. The van der Waals surface area contributed by atoms with Gasteiger partial charge >= 0.3 is 0 Å². The van der Waals surface area contributed by atoms with Gasteiger partial charge < -0.3 is 5.32 Å². The minimum Gasteiger partial charge on any atom is -0.308 e. The molecular formula is C26H24N2O2S. The smallest absolute Gasteiger partial charge is 0.241 e. The fourth-order valence-electron chi connectivity index (χ4n) is 4.47. The Bertz CT molecular complexity index is 1360. The maximum atomic E-state index is 13.1. The molecule has 156 valence electrons. The van der Waals surface area contributed by atoms with Gasteiger partial charge in [-0.05, 0) is 40.5 Å². The monoisotopic (exact) mass is 428 g/mol. The highest BCUT2D eigenvalue weighted by Gasteiger charge is 2.30. The van der Waals surface area contributed by atoms with Crippen molar-refractivity contribution < 1.29 is 8.42 Å². The van der Waals surface area contributed by atoms with E-state index in [4.69, 9.17) is 0 Å². The SMILES string of the molecule is C[C@@H](NC[C@@H]1NS(=O)(=O)c2ccccc2-c2ccccc21)c1cccc2ccccc12.